The van der Waals surface area contributed by atoms with Gasteiger partial charge in [-0.15, -0.1) is 0 Å². The molecule has 0 saturated heterocycles. The Morgan fingerprint density at radius 3 is 2.89 bits per heavy atom. The van der Waals surface area contributed by atoms with E-state index in [1.54, 1.807) is 18.6 Å². The lowest BCUT2D eigenvalue weighted by Gasteiger charge is -1.90. The van der Waals surface area contributed by atoms with Gasteiger partial charge in [-0.25, -0.2) is 5.11 Å². The second-order valence-electron chi connectivity index (χ2n) is 1.65. The van der Waals surface area contributed by atoms with Crippen LogP contribution >= 0.6 is 0 Å². The molecule has 0 aromatic carbocycles. The highest BCUT2D eigenvalue weighted by Gasteiger charge is 1.89. The Labute approximate surface area is 53.4 Å². The van der Waals surface area contributed by atoms with Crippen LogP contribution in [0.5, 0.6) is 0 Å². The molecule has 0 aliphatic rings. The average molecular weight is 123 g/mol. The standard InChI is InChI=1S/C6H7N2O/c9-4-1-6-5-7-2-3-8-6/h2-3,5H,1,4H2. The zero-order chi connectivity index (χ0) is 6.53. The summed E-state index contributed by atoms with van der Waals surface area (Å²) in [6.45, 7) is -0.112. The van der Waals surface area contributed by atoms with E-state index >= 15 is 0 Å². The number of hydrogen-bond acceptors (Lipinski definition) is 2. The van der Waals surface area contributed by atoms with Crippen molar-refractivity contribution >= 4 is 0 Å². The van der Waals surface area contributed by atoms with Gasteiger partial charge in [-0.05, 0) is 0 Å². The monoisotopic (exact) mass is 123 g/mol. The second-order valence-corrected chi connectivity index (χ2v) is 1.65. The van der Waals surface area contributed by atoms with Gasteiger partial charge in [0.25, 0.3) is 0 Å². The zero-order valence-electron chi connectivity index (χ0n) is 4.95. The number of hydrogen-bond donors (Lipinski definition) is 0. The Bertz CT molecular complexity index is 164. The van der Waals surface area contributed by atoms with Crippen LogP contribution in [0, 0.1) is 0 Å². The van der Waals surface area contributed by atoms with E-state index in [1.165, 1.54) is 0 Å². The first-order valence-electron chi connectivity index (χ1n) is 2.76. The molecular formula is C6H7N2O. The van der Waals surface area contributed by atoms with Crippen molar-refractivity contribution in [2.45, 2.75) is 6.42 Å². The van der Waals surface area contributed by atoms with Crippen LogP contribution in [0.4, 0.5) is 0 Å². The van der Waals surface area contributed by atoms with E-state index in [4.69, 9.17) is 0 Å². The van der Waals surface area contributed by atoms with Crippen molar-refractivity contribution in [3.63, 3.8) is 0 Å². The van der Waals surface area contributed by atoms with Gasteiger partial charge in [0.1, 0.15) is 0 Å². The van der Waals surface area contributed by atoms with E-state index in [0.717, 1.165) is 5.69 Å². The molecule has 0 unspecified atom stereocenters. The SMILES string of the molecule is [O]CCc1cnccn1. The van der Waals surface area contributed by atoms with Crippen LogP contribution in [0.15, 0.2) is 18.6 Å². The van der Waals surface area contributed by atoms with E-state index in [-0.39, 0.29) is 6.61 Å². The highest BCUT2D eigenvalue weighted by molar-refractivity contribution is 4.93. The second kappa shape index (κ2) is 3.14. The fourth-order valence-electron chi connectivity index (χ4n) is 0.564. The first kappa shape index (κ1) is 6.16. The van der Waals surface area contributed by atoms with Gasteiger partial charge in [0.2, 0.25) is 0 Å². The summed E-state index contributed by atoms with van der Waals surface area (Å²) in [6, 6.07) is 0. The Kier molecular flexibility index (Phi) is 2.15. The quantitative estimate of drug-likeness (QED) is 0.573. The number of rotatable bonds is 2. The number of nitrogens with zero attached hydrogens (tertiary/aromatic N) is 2. The Hall–Kier alpha value is -0.960. The molecule has 0 fully saturated rings. The summed E-state index contributed by atoms with van der Waals surface area (Å²) in [5, 5.41) is 10.0. The van der Waals surface area contributed by atoms with Gasteiger partial charge >= 0.3 is 0 Å². The van der Waals surface area contributed by atoms with Crippen molar-refractivity contribution in [2.75, 3.05) is 6.61 Å². The third kappa shape index (κ3) is 1.77. The Balaban J connectivity index is 2.61. The first-order valence-corrected chi connectivity index (χ1v) is 2.76. The van der Waals surface area contributed by atoms with E-state index in [0.29, 0.717) is 6.42 Å². The summed E-state index contributed by atoms with van der Waals surface area (Å²) in [5.74, 6) is 0. The van der Waals surface area contributed by atoms with Crippen molar-refractivity contribution in [2.24, 2.45) is 0 Å². The highest BCUT2D eigenvalue weighted by Crippen LogP contribution is 1.88. The fraction of sp³-hybridized carbons (Fsp3) is 0.333. The van der Waals surface area contributed by atoms with Crippen LogP contribution in [0.1, 0.15) is 5.69 Å². The molecule has 1 aromatic heterocycles. The Morgan fingerprint density at radius 1 is 1.44 bits per heavy atom. The van der Waals surface area contributed by atoms with Crippen LogP contribution in [-0.2, 0) is 11.5 Å². The minimum absolute atomic E-state index is 0.112. The van der Waals surface area contributed by atoms with Crippen molar-refractivity contribution < 1.29 is 5.11 Å². The minimum atomic E-state index is -0.112. The maximum Gasteiger partial charge on any atom is 0.0878 e. The molecule has 3 nitrogen and oxygen atoms in total. The van der Waals surface area contributed by atoms with E-state index in [1.807, 2.05) is 0 Å². The molecule has 0 aliphatic heterocycles. The molecule has 1 radical (unpaired) electrons. The third-order valence-corrected chi connectivity index (χ3v) is 0.975. The van der Waals surface area contributed by atoms with Gasteiger partial charge in [-0.2, -0.15) is 0 Å². The maximum atomic E-state index is 10.0. The molecule has 9 heavy (non-hydrogen) atoms. The Morgan fingerprint density at radius 2 is 2.33 bits per heavy atom. The smallest absolute Gasteiger partial charge is 0.0878 e. The van der Waals surface area contributed by atoms with Gasteiger partial charge < -0.3 is 0 Å². The summed E-state index contributed by atoms with van der Waals surface area (Å²) < 4.78 is 0. The minimum Gasteiger partial charge on any atom is -0.261 e. The van der Waals surface area contributed by atoms with Crippen LogP contribution in [-0.4, -0.2) is 16.6 Å². The van der Waals surface area contributed by atoms with Gasteiger partial charge in [0.05, 0.1) is 12.3 Å². The number of aromatic nitrogens is 2. The van der Waals surface area contributed by atoms with Gasteiger partial charge in [0, 0.05) is 25.0 Å². The predicted octanol–water partition coefficient (Wildman–Crippen LogP) is 0.450. The predicted molar refractivity (Wildman–Crippen MR) is 31.3 cm³/mol. The molecule has 0 atom stereocenters. The van der Waals surface area contributed by atoms with Gasteiger partial charge in [0.15, 0.2) is 0 Å². The third-order valence-electron chi connectivity index (χ3n) is 0.975. The average Bonchev–Trinajstić information content (AvgIpc) is 1.91. The van der Waals surface area contributed by atoms with E-state index in [2.05, 4.69) is 9.97 Å². The largest absolute Gasteiger partial charge is 0.261 e. The van der Waals surface area contributed by atoms with Crippen LogP contribution in [0.3, 0.4) is 0 Å². The summed E-state index contributed by atoms with van der Waals surface area (Å²) in [4.78, 5) is 7.71. The van der Waals surface area contributed by atoms with E-state index < -0.39 is 0 Å². The van der Waals surface area contributed by atoms with Crippen LogP contribution < -0.4 is 0 Å². The summed E-state index contributed by atoms with van der Waals surface area (Å²) in [7, 11) is 0. The molecule has 1 rings (SSSR count). The molecular weight excluding hydrogens is 116 g/mol. The van der Waals surface area contributed by atoms with Crippen molar-refractivity contribution in [1.82, 2.24) is 9.97 Å². The van der Waals surface area contributed by atoms with Gasteiger partial charge in [-0.3, -0.25) is 9.97 Å². The highest BCUT2D eigenvalue weighted by atomic mass is 16.3. The van der Waals surface area contributed by atoms with E-state index in [9.17, 15) is 5.11 Å². The molecule has 0 N–H and O–H groups in total. The summed E-state index contributed by atoms with van der Waals surface area (Å²) in [6.07, 6.45) is 5.27. The fourth-order valence-corrected chi connectivity index (χ4v) is 0.564. The molecule has 3 heteroatoms. The molecule has 0 saturated carbocycles. The lowest BCUT2D eigenvalue weighted by Crippen LogP contribution is -1.92. The maximum absolute atomic E-state index is 10.0. The summed E-state index contributed by atoms with van der Waals surface area (Å²) in [5.41, 5.74) is 0.771. The zero-order valence-corrected chi connectivity index (χ0v) is 4.95. The molecule has 0 spiro atoms. The van der Waals surface area contributed by atoms with Crippen LogP contribution in [0.25, 0.3) is 0 Å². The molecule has 0 bridgehead atoms. The van der Waals surface area contributed by atoms with Gasteiger partial charge in [-0.1, -0.05) is 0 Å². The molecule has 1 aromatic rings. The van der Waals surface area contributed by atoms with Crippen molar-refractivity contribution in [1.29, 1.82) is 0 Å². The normalized spacial score (nSPS) is 9.44. The topological polar surface area (TPSA) is 45.7 Å². The lowest BCUT2D eigenvalue weighted by molar-refractivity contribution is 0.196. The lowest BCUT2D eigenvalue weighted by atomic mass is 10.3. The first-order chi connectivity index (χ1) is 4.43. The molecule has 47 valence electrons. The van der Waals surface area contributed by atoms with Crippen molar-refractivity contribution in [3.05, 3.63) is 24.3 Å². The summed E-state index contributed by atoms with van der Waals surface area (Å²) >= 11 is 0. The molecule has 1 heterocycles. The van der Waals surface area contributed by atoms with Crippen molar-refractivity contribution in [3.8, 4) is 0 Å². The van der Waals surface area contributed by atoms with Crippen LogP contribution in [0.2, 0.25) is 0 Å². The molecule has 0 amide bonds. The molecule has 0 aliphatic carbocycles.